The molecule has 0 aliphatic rings. The van der Waals surface area contributed by atoms with E-state index in [4.69, 9.17) is 14.0 Å². The molecule has 0 spiro atoms. The highest BCUT2D eigenvalue weighted by atomic mass is 16.5. The Labute approximate surface area is 142 Å². The van der Waals surface area contributed by atoms with Crippen LogP contribution in [0.3, 0.4) is 0 Å². The molecule has 1 aromatic carbocycles. The average Bonchev–Trinajstić information content (AvgIpc) is 2.90. The summed E-state index contributed by atoms with van der Waals surface area (Å²) in [6.45, 7) is 5.66. The molecule has 0 aliphatic heterocycles. The van der Waals surface area contributed by atoms with Crippen molar-refractivity contribution in [3.63, 3.8) is 0 Å². The van der Waals surface area contributed by atoms with Crippen LogP contribution in [-0.4, -0.2) is 25.3 Å². The van der Waals surface area contributed by atoms with Crippen molar-refractivity contribution >= 4 is 5.91 Å². The molecule has 2 aromatic rings. The second-order valence-corrected chi connectivity index (χ2v) is 5.70. The van der Waals surface area contributed by atoms with Crippen LogP contribution in [0, 0.1) is 13.8 Å². The van der Waals surface area contributed by atoms with Crippen LogP contribution in [0.2, 0.25) is 0 Å². The van der Waals surface area contributed by atoms with Crippen LogP contribution in [0.4, 0.5) is 0 Å². The molecule has 0 aliphatic carbocycles. The summed E-state index contributed by atoms with van der Waals surface area (Å²) in [4.78, 5) is 12.3. The van der Waals surface area contributed by atoms with Crippen molar-refractivity contribution < 1.29 is 18.8 Å². The number of methoxy groups -OCH3 is 2. The minimum Gasteiger partial charge on any atom is -0.497 e. The zero-order valence-corrected chi connectivity index (χ0v) is 14.8. The van der Waals surface area contributed by atoms with Gasteiger partial charge in [0, 0.05) is 17.5 Å². The highest BCUT2D eigenvalue weighted by molar-refractivity contribution is 5.77. The third kappa shape index (κ3) is 4.07. The zero-order valence-electron chi connectivity index (χ0n) is 14.8. The first-order valence-electron chi connectivity index (χ1n) is 7.89. The van der Waals surface area contributed by atoms with Crippen LogP contribution in [0.25, 0.3) is 0 Å². The van der Waals surface area contributed by atoms with Gasteiger partial charge >= 0.3 is 0 Å². The maximum Gasteiger partial charge on any atom is 0.220 e. The van der Waals surface area contributed by atoms with Crippen molar-refractivity contribution in [3.05, 3.63) is 40.8 Å². The van der Waals surface area contributed by atoms with Crippen molar-refractivity contribution in [2.75, 3.05) is 14.2 Å². The number of aromatic nitrogens is 1. The van der Waals surface area contributed by atoms with E-state index >= 15 is 0 Å². The standard InChI is InChI=1S/C18H24N2O4/c1-11(16-10-14(22-4)6-8-17(16)23-5)19-18(21)9-7-15-12(2)20-24-13(15)3/h6,8,10-11H,7,9H2,1-5H3,(H,19,21)/t11-/m0/s1. The van der Waals surface area contributed by atoms with Crippen LogP contribution in [0.15, 0.2) is 22.7 Å². The molecular weight excluding hydrogens is 308 g/mol. The topological polar surface area (TPSA) is 73.6 Å². The van der Waals surface area contributed by atoms with E-state index in [1.54, 1.807) is 14.2 Å². The van der Waals surface area contributed by atoms with Gasteiger partial charge in [0.05, 0.1) is 26.0 Å². The molecule has 2 rings (SSSR count). The van der Waals surface area contributed by atoms with Crippen molar-refractivity contribution in [2.24, 2.45) is 0 Å². The number of rotatable bonds is 7. The van der Waals surface area contributed by atoms with Gasteiger partial charge in [-0.2, -0.15) is 0 Å². The fraction of sp³-hybridized carbons (Fsp3) is 0.444. The number of carbonyl (C=O) groups is 1. The van der Waals surface area contributed by atoms with E-state index in [0.29, 0.717) is 18.6 Å². The number of hydrogen-bond acceptors (Lipinski definition) is 5. The van der Waals surface area contributed by atoms with Gasteiger partial charge < -0.3 is 19.3 Å². The number of nitrogens with one attached hydrogen (secondary N) is 1. The Morgan fingerprint density at radius 1 is 1.29 bits per heavy atom. The summed E-state index contributed by atoms with van der Waals surface area (Å²) in [5.74, 6) is 2.17. The Balaban J connectivity index is 2.01. The number of amides is 1. The number of carbonyl (C=O) groups excluding carboxylic acids is 1. The normalized spacial score (nSPS) is 11.9. The minimum atomic E-state index is -0.188. The van der Waals surface area contributed by atoms with Gasteiger partial charge in [0.15, 0.2) is 0 Å². The Hall–Kier alpha value is -2.50. The van der Waals surface area contributed by atoms with Gasteiger partial charge in [0.2, 0.25) is 5.91 Å². The Morgan fingerprint density at radius 2 is 2.04 bits per heavy atom. The molecule has 0 unspecified atom stereocenters. The first kappa shape index (κ1) is 17.8. The van der Waals surface area contributed by atoms with Gasteiger partial charge in [0.25, 0.3) is 0 Å². The second-order valence-electron chi connectivity index (χ2n) is 5.70. The van der Waals surface area contributed by atoms with Gasteiger partial charge in [-0.05, 0) is 45.4 Å². The van der Waals surface area contributed by atoms with Gasteiger partial charge in [-0.3, -0.25) is 4.79 Å². The number of hydrogen-bond donors (Lipinski definition) is 1. The van der Waals surface area contributed by atoms with Crippen molar-refractivity contribution in [1.82, 2.24) is 10.5 Å². The predicted molar refractivity (Wildman–Crippen MR) is 90.4 cm³/mol. The molecule has 24 heavy (non-hydrogen) atoms. The predicted octanol–water partition coefficient (Wildman–Crippen LogP) is 3.12. The van der Waals surface area contributed by atoms with Gasteiger partial charge in [-0.1, -0.05) is 5.16 Å². The lowest BCUT2D eigenvalue weighted by Crippen LogP contribution is -2.27. The fourth-order valence-electron chi connectivity index (χ4n) is 2.67. The monoisotopic (exact) mass is 332 g/mol. The molecule has 1 atom stereocenters. The van der Waals surface area contributed by atoms with Crippen LogP contribution < -0.4 is 14.8 Å². The van der Waals surface area contributed by atoms with Crippen molar-refractivity contribution in [3.8, 4) is 11.5 Å². The summed E-state index contributed by atoms with van der Waals surface area (Å²) in [5, 5.41) is 6.91. The smallest absolute Gasteiger partial charge is 0.220 e. The van der Waals surface area contributed by atoms with E-state index in [-0.39, 0.29) is 11.9 Å². The summed E-state index contributed by atoms with van der Waals surface area (Å²) in [5.41, 5.74) is 2.71. The summed E-state index contributed by atoms with van der Waals surface area (Å²) in [6, 6.07) is 5.35. The average molecular weight is 332 g/mol. The lowest BCUT2D eigenvalue weighted by Gasteiger charge is -2.18. The number of benzene rings is 1. The molecule has 0 radical (unpaired) electrons. The molecule has 0 saturated carbocycles. The molecule has 1 N–H and O–H groups in total. The van der Waals surface area contributed by atoms with E-state index < -0.39 is 0 Å². The highest BCUT2D eigenvalue weighted by Gasteiger charge is 2.16. The summed E-state index contributed by atoms with van der Waals surface area (Å²) < 4.78 is 15.7. The molecule has 0 fully saturated rings. The molecular formula is C18H24N2O4. The number of ether oxygens (including phenoxy) is 2. The second kappa shape index (κ2) is 7.86. The molecule has 0 bridgehead atoms. The third-order valence-electron chi connectivity index (χ3n) is 4.06. The van der Waals surface area contributed by atoms with Crippen LogP contribution >= 0.6 is 0 Å². The molecule has 1 heterocycles. The van der Waals surface area contributed by atoms with Crippen molar-refractivity contribution in [2.45, 2.75) is 39.7 Å². The molecule has 130 valence electrons. The lowest BCUT2D eigenvalue weighted by atomic mass is 10.1. The molecule has 6 nitrogen and oxygen atoms in total. The minimum absolute atomic E-state index is 0.0348. The number of nitrogens with zero attached hydrogens (tertiary/aromatic N) is 1. The van der Waals surface area contributed by atoms with Crippen LogP contribution in [0.5, 0.6) is 11.5 Å². The van der Waals surface area contributed by atoms with E-state index in [2.05, 4.69) is 10.5 Å². The van der Waals surface area contributed by atoms with E-state index in [1.165, 1.54) is 0 Å². The summed E-state index contributed by atoms with van der Waals surface area (Å²) >= 11 is 0. The van der Waals surface area contributed by atoms with Gasteiger partial charge in [0.1, 0.15) is 17.3 Å². The molecule has 1 aromatic heterocycles. The largest absolute Gasteiger partial charge is 0.497 e. The summed E-state index contributed by atoms with van der Waals surface area (Å²) in [7, 11) is 3.22. The molecule has 1 amide bonds. The Morgan fingerprint density at radius 3 is 2.62 bits per heavy atom. The van der Waals surface area contributed by atoms with Gasteiger partial charge in [-0.25, -0.2) is 0 Å². The Kier molecular flexibility index (Phi) is 5.84. The first-order chi connectivity index (χ1) is 11.5. The fourth-order valence-corrected chi connectivity index (χ4v) is 2.67. The van der Waals surface area contributed by atoms with E-state index in [1.807, 2.05) is 39.0 Å². The van der Waals surface area contributed by atoms with E-state index in [0.717, 1.165) is 28.3 Å². The lowest BCUT2D eigenvalue weighted by molar-refractivity contribution is -0.121. The van der Waals surface area contributed by atoms with E-state index in [9.17, 15) is 4.79 Å². The Bertz CT molecular complexity index is 690. The van der Waals surface area contributed by atoms with Crippen molar-refractivity contribution in [1.29, 1.82) is 0 Å². The zero-order chi connectivity index (χ0) is 17.7. The molecule has 0 saturated heterocycles. The highest BCUT2D eigenvalue weighted by Crippen LogP contribution is 2.29. The van der Waals surface area contributed by atoms with Crippen LogP contribution in [0.1, 0.15) is 42.0 Å². The summed E-state index contributed by atoms with van der Waals surface area (Å²) in [6.07, 6.45) is 0.981. The first-order valence-corrected chi connectivity index (χ1v) is 7.89. The molecule has 6 heteroatoms. The SMILES string of the molecule is COc1ccc(OC)c([C@H](C)NC(=O)CCc2c(C)noc2C)c1. The van der Waals surface area contributed by atoms with Crippen LogP contribution in [-0.2, 0) is 11.2 Å². The number of aryl methyl sites for hydroxylation is 2. The third-order valence-corrected chi connectivity index (χ3v) is 4.06. The van der Waals surface area contributed by atoms with Gasteiger partial charge in [-0.15, -0.1) is 0 Å². The maximum atomic E-state index is 12.3. The maximum absolute atomic E-state index is 12.3. The quantitative estimate of drug-likeness (QED) is 0.843.